The summed E-state index contributed by atoms with van der Waals surface area (Å²) in [5.74, 6) is 0.0600. The SMILES string of the molecule is CC1C=CC2=C(C1)C(=O)N(CCCCCCCCCCCCNS(C)(=O)(O)c1ccccc1[N+](=O)[O-])C2=O. The van der Waals surface area contributed by atoms with E-state index in [-0.39, 0.29) is 22.4 Å². The van der Waals surface area contributed by atoms with Crippen molar-refractivity contribution in [1.82, 2.24) is 9.62 Å². The minimum atomic E-state index is -4.50. The van der Waals surface area contributed by atoms with E-state index in [4.69, 9.17) is 0 Å². The standard InChI is InChI=1S/C28H41N3O6S/c1-22-17-18-23-24(21-22)28(33)30(27(23)32)20-14-10-8-6-4-3-5-7-9-13-19-29-38(2,36,37)26-16-12-11-15-25(26)31(34)35/h11-12,15-18,22H,3-10,13-14,19-21H2,1-2H3,(H2,29,36,37). The number of nitrogens with zero attached hydrogens (tertiary/aromatic N) is 2. The Bertz CT molecular complexity index is 1170. The molecule has 1 aliphatic carbocycles. The number of carbonyl (C=O) groups is 2. The first kappa shape index (κ1) is 29.9. The highest BCUT2D eigenvalue weighted by molar-refractivity contribution is 8.13. The fourth-order valence-electron chi connectivity index (χ4n) is 5.08. The number of unbranched alkanes of at least 4 members (excludes halogenated alkanes) is 9. The number of benzene rings is 1. The molecule has 0 saturated heterocycles. The third-order valence-corrected chi connectivity index (χ3v) is 9.52. The van der Waals surface area contributed by atoms with Gasteiger partial charge < -0.3 is 0 Å². The molecule has 1 aliphatic heterocycles. The van der Waals surface area contributed by atoms with E-state index in [1.807, 2.05) is 12.2 Å². The highest BCUT2D eigenvalue weighted by Crippen LogP contribution is 2.34. The molecule has 1 unspecified atom stereocenters. The van der Waals surface area contributed by atoms with Crippen molar-refractivity contribution in [3.63, 3.8) is 0 Å². The highest BCUT2D eigenvalue weighted by atomic mass is 32.3. The van der Waals surface area contributed by atoms with Gasteiger partial charge in [0.25, 0.3) is 17.5 Å². The van der Waals surface area contributed by atoms with Gasteiger partial charge in [-0.15, -0.1) is 9.53 Å². The monoisotopic (exact) mass is 547 g/mol. The van der Waals surface area contributed by atoms with Gasteiger partial charge in [-0.3, -0.25) is 29.2 Å². The average molecular weight is 548 g/mol. The summed E-state index contributed by atoms with van der Waals surface area (Å²) in [6, 6.07) is 5.56. The fraction of sp³-hybridized carbons (Fsp3) is 0.571. The molecule has 210 valence electrons. The number of para-hydroxylation sites is 1. The van der Waals surface area contributed by atoms with Gasteiger partial charge in [0.2, 0.25) is 0 Å². The van der Waals surface area contributed by atoms with E-state index in [1.54, 1.807) is 0 Å². The number of nitrogens with one attached hydrogen (secondary N) is 1. The number of nitro groups is 1. The Morgan fingerprint density at radius 3 is 2.21 bits per heavy atom. The first-order valence-electron chi connectivity index (χ1n) is 13.7. The molecule has 1 aromatic carbocycles. The van der Waals surface area contributed by atoms with E-state index in [0.29, 0.717) is 43.0 Å². The Morgan fingerprint density at radius 1 is 1.00 bits per heavy atom. The molecule has 0 saturated carbocycles. The molecule has 9 nitrogen and oxygen atoms in total. The zero-order valence-corrected chi connectivity index (χ0v) is 23.3. The summed E-state index contributed by atoms with van der Waals surface area (Å²) in [4.78, 5) is 36.9. The summed E-state index contributed by atoms with van der Waals surface area (Å²) in [7, 11) is -4.50. The third kappa shape index (κ3) is 7.68. The van der Waals surface area contributed by atoms with Crippen molar-refractivity contribution in [2.75, 3.05) is 19.3 Å². The topological polar surface area (TPSA) is 130 Å². The summed E-state index contributed by atoms with van der Waals surface area (Å²) < 4.78 is 26.4. The normalized spacial score (nSPS) is 18.6. The number of nitro benzene ring substituents is 1. The molecule has 2 aliphatic rings. The lowest BCUT2D eigenvalue weighted by molar-refractivity contribution is -0.388. The van der Waals surface area contributed by atoms with Crippen LogP contribution in [0.1, 0.15) is 77.6 Å². The molecule has 10 heteroatoms. The molecule has 2 amide bonds. The van der Waals surface area contributed by atoms with Crippen LogP contribution < -0.4 is 4.72 Å². The lowest BCUT2D eigenvalue weighted by atomic mass is 9.92. The number of carbonyl (C=O) groups excluding carboxylic acids is 2. The van der Waals surface area contributed by atoms with E-state index in [1.165, 1.54) is 29.2 Å². The van der Waals surface area contributed by atoms with Crippen molar-refractivity contribution in [2.45, 2.75) is 82.4 Å². The van der Waals surface area contributed by atoms with Gasteiger partial charge in [0, 0.05) is 36.6 Å². The van der Waals surface area contributed by atoms with Crippen LogP contribution in [0.3, 0.4) is 0 Å². The Labute approximate surface area is 225 Å². The van der Waals surface area contributed by atoms with Gasteiger partial charge in [-0.05, 0) is 31.2 Å². The molecule has 3 rings (SSSR count). The lowest BCUT2D eigenvalue weighted by Gasteiger charge is -2.39. The number of hydrogen-bond acceptors (Lipinski definition) is 5. The van der Waals surface area contributed by atoms with E-state index in [0.717, 1.165) is 64.0 Å². The van der Waals surface area contributed by atoms with Gasteiger partial charge in [-0.25, -0.2) is 4.72 Å². The Balaban J connectivity index is 1.21. The van der Waals surface area contributed by atoms with Gasteiger partial charge in [0.15, 0.2) is 0 Å². The number of hydrogen-bond donors (Lipinski definition) is 2. The predicted octanol–water partition coefficient (Wildman–Crippen LogP) is 5.54. The van der Waals surface area contributed by atoms with Crippen LogP contribution in [0.4, 0.5) is 5.69 Å². The molecule has 0 radical (unpaired) electrons. The van der Waals surface area contributed by atoms with Gasteiger partial charge in [0.1, 0.15) is 4.90 Å². The highest BCUT2D eigenvalue weighted by Gasteiger charge is 2.38. The van der Waals surface area contributed by atoms with E-state index >= 15 is 0 Å². The largest absolute Gasteiger partial charge is 0.293 e. The van der Waals surface area contributed by atoms with E-state index in [2.05, 4.69) is 11.6 Å². The quantitative estimate of drug-likeness (QED) is 0.121. The third-order valence-electron chi connectivity index (χ3n) is 7.25. The molecular weight excluding hydrogens is 506 g/mol. The summed E-state index contributed by atoms with van der Waals surface area (Å²) in [6.45, 7) is 2.86. The van der Waals surface area contributed by atoms with Crippen LogP contribution in [0.15, 0.2) is 52.5 Å². The van der Waals surface area contributed by atoms with Crippen molar-refractivity contribution in [1.29, 1.82) is 0 Å². The fourth-order valence-corrected chi connectivity index (χ4v) is 6.90. The van der Waals surface area contributed by atoms with Crippen LogP contribution in [0.5, 0.6) is 0 Å². The minimum Gasteiger partial charge on any atom is -0.286 e. The van der Waals surface area contributed by atoms with Crippen LogP contribution in [0, 0.1) is 16.0 Å². The number of allylic oxidation sites excluding steroid dienone is 1. The van der Waals surface area contributed by atoms with E-state index in [9.17, 15) is 28.5 Å². The maximum absolute atomic E-state index is 13.1. The van der Waals surface area contributed by atoms with Crippen LogP contribution in [-0.2, 0) is 19.1 Å². The zero-order chi connectivity index (χ0) is 27.8. The molecule has 1 aromatic rings. The molecule has 0 bridgehead atoms. The van der Waals surface area contributed by atoms with Gasteiger partial charge in [0.05, 0.1) is 4.92 Å². The smallest absolute Gasteiger partial charge is 0.286 e. The lowest BCUT2D eigenvalue weighted by Crippen LogP contribution is -2.46. The first-order chi connectivity index (χ1) is 18.0. The zero-order valence-electron chi connectivity index (χ0n) is 22.5. The second kappa shape index (κ2) is 12.9. The van der Waals surface area contributed by atoms with Gasteiger partial charge in [-0.1, -0.05) is 82.6 Å². The van der Waals surface area contributed by atoms with Crippen LogP contribution in [0.25, 0.3) is 0 Å². The molecule has 0 fully saturated rings. The van der Waals surface area contributed by atoms with Crippen molar-refractivity contribution < 1.29 is 23.3 Å². The average Bonchev–Trinajstić information content (AvgIpc) is 3.10. The van der Waals surface area contributed by atoms with Crippen molar-refractivity contribution in [3.8, 4) is 0 Å². The Hall–Kier alpha value is -2.69. The minimum absolute atomic E-state index is 0.103. The van der Waals surface area contributed by atoms with Crippen LogP contribution in [-0.4, -0.2) is 49.7 Å². The molecule has 1 atom stereocenters. The van der Waals surface area contributed by atoms with Crippen molar-refractivity contribution in [3.05, 3.63) is 57.7 Å². The second-order valence-corrected chi connectivity index (χ2v) is 13.9. The van der Waals surface area contributed by atoms with Crippen LogP contribution in [0.2, 0.25) is 0 Å². The summed E-state index contributed by atoms with van der Waals surface area (Å²) >= 11 is 0. The molecular formula is C28H41N3O6S. The number of amides is 2. The molecule has 38 heavy (non-hydrogen) atoms. The first-order valence-corrected chi connectivity index (χ1v) is 16.0. The molecule has 1 heterocycles. The Kier molecular flexibility index (Phi) is 10.1. The summed E-state index contributed by atoms with van der Waals surface area (Å²) in [6.07, 6.45) is 15.6. The predicted molar refractivity (Wildman–Crippen MR) is 149 cm³/mol. The molecule has 0 spiro atoms. The van der Waals surface area contributed by atoms with Gasteiger partial charge >= 0.3 is 0 Å². The van der Waals surface area contributed by atoms with Crippen LogP contribution >= 0.6 is 0 Å². The molecule has 0 aromatic heterocycles. The number of rotatable bonds is 16. The maximum Gasteiger partial charge on any atom is 0.293 e. The van der Waals surface area contributed by atoms with Crippen molar-refractivity contribution in [2.24, 2.45) is 5.92 Å². The Morgan fingerprint density at radius 2 is 1.58 bits per heavy atom. The maximum atomic E-state index is 13.1. The van der Waals surface area contributed by atoms with E-state index < -0.39 is 14.5 Å². The second-order valence-electron chi connectivity index (χ2n) is 10.6. The summed E-state index contributed by atoms with van der Waals surface area (Å²) in [5, 5.41) is 11.2. The summed E-state index contributed by atoms with van der Waals surface area (Å²) in [5.41, 5.74) is 0.909. The number of imide groups is 1. The van der Waals surface area contributed by atoms with Crippen molar-refractivity contribution >= 4 is 27.0 Å². The van der Waals surface area contributed by atoms with Gasteiger partial charge in [-0.2, -0.15) is 4.21 Å². The molecule has 2 N–H and O–H groups in total.